The minimum absolute atomic E-state index is 0.282. The minimum atomic E-state index is -0.635. The molecule has 1 amide bonds. The van der Waals surface area contributed by atoms with Gasteiger partial charge in [-0.25, -0.2) is 0 Å². The van der Waals surface area contributed by atoms with Gasteiger partial charge >= 0.3 is 0 Å². The summed E-state index contributed by atoms with van der Waals surface area (Å²) in [7, 11) is 0. The summed E-state index contributed by atoms with van der Waals surface area (Å²) in [5.41, 5.74) is 1.75. The van der Waals surface area contributed by atoms with Crippen LogP contribution in [0, 0.1) is 24.2 Å². The maximum atomic E-state index is 11.4. The molecule has 0 saturated heterocycles. The fourth-order valence-electron chi connectivity index (χ4n) is 1.12. The summed E-state index contributed by atoms with van der Waals surface area (Å²) in [4.78, 5) is 11.4. The molecule has 0 radical (unpaired) electrons. The van der Waals surface area contributed by atoms with Gasteiger partial charge in [-0.3, -0.25) is 4.79 Å². The van der Waals surface area contributed by atoms with Crippen molar-refractivity contribution >= 4 is 27.5 Å². The molecule has 0 aliphatic rings. The average Bonchev–Trinajstić information content (AvgIpc) is 2.14. The van der Waals surface area contributed by atoms with E-state index < -0.39 is 5.92 Å². The predicted octanol–water partition coefficient (Wildman–Crippen LogP) is 2.86. The van der Waals surface area contributed by atoms with Crippen LogP contribution in [0.5, 0.6) is 0 Å². The van der Waals surface area contributed by atoms with Crippen molar-refractivity contribution < 1.29 is 4.79 Å². The van der Waals surface area contributed by atoms with E-state index in [1.807, 2.05) is 25.1 Å². The molecule has 78 valence electrons. The number of benzene rings is 1. The van der Waals surface area contributed by atoms with E-state index in [0.29, 0.717) is 5.69 Å². The van der Waals surface area contributed by atoms with Crippen molar-refractivity contribution in [2.24, 2.45) is 5.92 Å². The van der Waals surface area contributed by atoms with Gasteiger partial charge in [-0.05, 0) is 37.6 Å². The number of nitriles is 1. The predicted molar refractivity (Wildman–Crippen MR) is 62.3 cm³/mol. The van der Waals surface area contributed by atoms with Gasteiger partial charge in [0.1, 0.15) is 5.92 Å². The molecule has 15 heavy (non-hydrogen) atoms. The SMILES string of the molecule is Cc1cc(Br)cc(NC(=O)C(C)C#N)c1. The molecule has 1 atom stereocenters. The molecule has 0 aliphatic heterocycles. The van der Waals surface area contributed by atoms with E-state index in [2.05, 4.69) is 21.2 Å². The van der Waals surface area contributed by atoms with Gasteiger partial charge in [-0.2, -0.15) is 5.26 Å². The first-order chi connectivity index (χ1) is 7.02. The fourth-order valence-corrected chi connectivity index (χ4v) is 1.73. The van der Waals surface area contributed by atoms with Crippen LogP contribution in [0.4, 0.5) is 5.69 Å². The lowest BCUT2D eigenvalue weighted by molar-refractivity contribution is -0.117. The molecule has 0 fully saturated rings. The number of amides is 1. The summed E-state index contributed by atoms with van der Waals surface area (Å²) >= 11 is 3.34. The molecule has 0 heterocycles. The highest BCUT2D eigenvalue weighted by Crippen LogP contribution is 2.19. The number of nitrogens with one attached hydrogen (secondary N) is 1. The van der Waals surface area contributed by atoms with E-state index in [0.717, 1.165) is 10.0 Å². The lowest BCUT2D eigenvalue weighted by atomic mass is 10.1. The van der Waals surface area contributed by atoms with Crippen LogP contribution in [0.15, 0.2) is 22.7 Å². The summed E-state index contributed by atoms with van der Waals surface area (Å²) in [6.45, 7) is 3.51. The van der Waals surface area contributed by atoms with Gasteiger partial charge in [0.25, 0.3) is 0 Å². The Labute approximate surface area is 97.2 Å². The smallest absolute Gasteiger partial charge is 0.241 e. The summed E-state index contributed by atoms with van der Waals surface area (Å²) in [6.07, 6.45) is 0. The number of aryl methyl sites for hydroxylation is 1. The molecule has 3 nitrogen and oxygen atoms in total. The quantitative estimate of drug-likeness (QED) is 0.895. The standard InChI is InChI=1S/C11H11BrN2O/c1-7-3-9(12)5-10(4-7)14-11(15)8(2)6-13/h3-5,8H,1-2H3,(H,14,15). The third kappa shape index (κ3) is 3.37. The van der Waals surface area contributed by atoms with Gasteiger partial charge in [0.05, 0.1) is 6.07 Å². The zero-order chi connectivity index (χ0) is 11.4. The van der Waals surface area contributed by atoms with E-state index in [1.54, 1.807) is 13.0 Å². The molecular formula is C11H11BrN2O. The summed E-state index contributed by atoms with van der Waals surface area (Å²) < 4.78 is 0.905. The van der Waals surface area contributed by atoms with E-state index in [-0.39, 0.29) is 5.91 Å². The molecule has 1 N–H and O–H groups in total. The molecule has 1 aromatic carbocycles. The average molecular weight is 267 g/mol. The summed E-state index contributed by atoms with van der Waals surface area (Å²) in [5, 5.41) is 11.3. The maximum Gasteiger partial charge on any atom is 0.241 e. The first-order valence-electron chi connectivity index (χ1n) is 4.50. The van der Waals surface area contributed by atoms with Crippen LogP contribution in [0.1, 0.15) is 12.5 Å². The zero-order valence-corrected chi connectivity index (χ0v) is 10.1. The number of rotatable bonds is 2. The van der Waals surface area contributed by atoms with Crippen LogP contribution in [0.2, 0.25) is 0 Å². The lowest BCUT2D eigenvalue weighted by Crippen LogP contribution is -2.18. The monoisotopic (exact) mass is 266 g/mol. The normalized spacial score (nSPS) is 11.6. The second-order valence-electron chi connectivity index (χ2n) is 3.36. The summed E-state index contributed by atoms with van der Waals surface area (Å²) in [5.74, 6) is -0.917. The van der Waals surface area contributed by atoms with Crippen LogP contribution in [0.3, 0.4) is 0 Å². The van der Waals surface area contributed by atoms with Crippen molar-refractivity contribution in [2.45, 2.75) is 13.8 Å². The molecule has 1 unspecified atom stereocenters. The fraction of sp³-hybridized carbons (Fsp3) is 0.273. The maximum absolute atomic E-state index is 11.4. The van der Waals surface area contributed by atoms with Gasteiger partial charge in [0.15, 0.2) is 0 Å². The zero-order valence-electron chi connectivity index (χ0n) is 8.54. The third-order valence-electron chi connectivity index (χ3n) is 1.90. The molecule has 0 aromatic heterocycles. The van der Waals surface area contributed by atoms with E-state index >= 15 is 0 Å². The number of carbonyl (C=O) groups is 1. The molecule has 0 saturated carbocycles. The molecule has 0 spiro atoms. The number of halogens is 1. The van der Waals surface area contributed by atoms with Crippen molar-refractivity contribution in [3.63, 3.8) is 0 Å². The summed E-state index contributed by atoms with van der Waals surface area (Å²) in [6, 6.07) is 7.49. The van der Waals surface area contributed by atoms with Crippen LogP contribution >= 0.6 is 15.9 Å². The van der Waals surface area contributed by atoms with Crippen molar-refractivity contribution in [1.82, 2.24) is 0 Å². The Morgan fingerprint density at radius 2 is 2.20 bits per heavy atom. The van der Waals surface area contributed by atoms with Crippen molar-refractivity contribution in [2.75, 3.05) is 5.32 Å². The topological polar surface area (TPSA) is 52.9 Å². The van der Waals surface area contributed by atoms with Gasteiger partial charge in [0.2, 0.25) is 5.91 Å². The van der Waals surface area contributed by atoms with Crippen LogP contribution in [-0.4, -0.2) is 5.91 Å². The highest BCUT2D eigenvalue weighted by molar-refractivity contribution is 9.10. The van der Waals surface area contributed by atoms with Crippen LogP contribution < -0.4 is 5.32 Å². The van der Waals surface area contributed by atoms with E-state index in [4.69, 9.17) is 5.26 Å². The highest BCUT2D eigenvalue weighted by Gasteiger charge is 2.11. The Kier molecular flexibility index (Phi) is 3.87. The largest absolute Gasteiger partial charge is 0.325 e. The Balaban J connectivity index is 2.82. The number of hydrogen-bond acceptors (Lipinski definition) is 2. The molecular weight excluding hydrogens is 256 g/mol. The number of nitrogens with zero attached hydrogens (tertiary/aromatic N) is 1. The second-order valence-corrected chi connectivity index (χ2v) is 4.27. The lowest BCUT2D eigenvalue weighted by Gasteiger charge is -2.07. The molecule has 0 bridgehead atoms. The van der Waals surface area contributed by atoms with Crippen molar-refractivity contribution in [3.8, 4) is 6.07 Å². The van der Waals surface area contributed by atoms with Gasteiger partial charge < -0.3 is 5.32 Å². The molecule has 1 rings (SSSR count). The van der Waals surface area contributed by atoms with Crippen LogP contribution in [0.25, 0.3) is 0 Å². The van der Waals surface area contributed by atoms with Crippen LogP contribution in [-0.2, 0) is 4.79 Å². The second kappa shape index (κ2) is 4.94. The number of hydrogen-bond donors (Lipinski definition) is 1. The molecule has 0 aliphatic carbocycles. The van der Waals surface area contributed by atoms with Crippen molar-refractivity contribution in [1.29, 1.82) is 5.26 Å². The van der Waals surface area contributed by atoms with Gasteiger partial charge in [0, 0.05) is 10.2 Å². The van der Waals surface area contributed by atoms with Gasteiger partial charge in [-0.1, -0.05) is 15.9 Å². The number of carbonyl (C=O) groups excluding carboxylic acids is 1. The first kappa shape index (κ1) is 11.7. The van der Waals surface area contributed by atoms with E-state index in [1.165, 1.54) is 0 Å². The van der Waals surface area contributed by atoms with E-state index in [9.17, 15) is 4.79 Å². The third-order valence-corrected chi connectivity index (χ3v) is 2.35. The Morgan fingerprint density at radius 3 is 2.73 bits per heavy atom. The molecule has 1 aromatic rings. The minimum Gasteiger partial charge on any atom is -0.325 e. The molecule has 4 heteroatoms. The van der Waals surface area contributed by atoms with Gasteiger partial charge in [-0.15, -0.1) is 0 Å². The Hall–Kier alpha value is -1.34. The Bertz CT molecular complexity index is 403. The first-order valence-corrected chi connectivity index (χ1v) is 5.30. The Morgan fingerprint density at radius 1 is 1.53 bits per heavy atom. The number of anilines is 1. The highest BCUT2D eigenvalue weighted by atomic mass is 79.9. The van der Waals surface area contributed by atoms with Crippen molar-refractivity contribution in [3.05, 3.63) is 28.2 Å².